The summed E-state index contributed by atoms with van der Waals surface area (Å²) in [5, 5.41) is 3.92. The monoisotopic (exact) mass is 201 g/mol. The average molecular weight is 202 g/mol. The maximum atomic E-state index is 5.87. The van der Waals surface area contributed by atoms with E-state index in [1.165, 1.54) is 10.5 Å². The van der Waals surface area contributed by atoms with Crippen LogP contribution in [0.5, 0.6) is 0 Å². The van der Waals surface area contributed by atoms with Crippen LogP contribution in [0.25, 0.3) is 0 Å². The summed E-state index contributed by atoms with van der Waals surface area (Å²) in [6.45, 7) is 0.872. The Morgan fingerprint density at radius 1 is 1.50 bits per heavy atom. The lowest BCUT2D eigenvalue weighted by atomic mass is 10.2. The molecular weight excluding hydrogens is 190 g/mol. The molecule has 1 rings (SSSR count). The van der Waals surface area contributed by atoms with Crippen LogP contribution in [0.4, 0.5) is 0 Å². The van der Waals surface area contributed by atoms with Crippen molar-refractivity contribution < 1.29 is 0 Å². The first-order valence-corrected chi connectivity index (χ1v) is 5.35. The summed E-state index contributed by atoms with van der Waals surface area (Å²) in [7, 11) is 1.94. The molecule has 0 aliphatic heterocycles. The van der Waals surface area contributed by atoms with Gasteiger partial charge in [-0.25, -0.2) is 0 Å². The van der Waals surface area contributed by atoms with E-state index < -0.39 is 0 Å². The fourth-order valence-electron chi connectivity index (χ4n) is 1.08. The molecule has 0 bridgehead atoms. The maximum Gasteiger partial charge on any atom is 0.0410 e. The van der Waals surface area contributed by atoms with Gasteiger partial charge in [0.15, 0.2) is 0 Å². The van der Waals surface area contributed by atoms with Crippen molar-refractivity contribution in [2.45, 2.75) is 11.4 Å². The first-order chi connectivity index (χ1) is 5.77. The van der Waals surface area contributed by atoms with Crippen LogP contribution in [-0.4, -0.2) is 13.3 Å². The van der Waals surface area contributed by atoms with Gasteiger partial charge in [-0.2, -0.15) is 0 Å². The molecule has 3 heteroatoms. The Labute approximate surface area is 82.5 Å². The molecule has 0 saturated carbocycles. The Kier molecular flexibility index (Phi) is 3.92. The summed E-state index contributed by atoms with van der Waals surface area (Å²) in [4.78, 5) is 1.29. The molecule has 12 heavy (non-hydrogen) atoms. The van der Waals surface area contributed by atoms with E-state index in [1.54, 1.807) is 11.8 Å². The standard InChI is InChI=1S/C9H12ClNS/c1-11-6-7-5-8(10)3-4-9(7)12-2/h3-5,11H,6H2,1-2H3. The molecule has 0 aliphatic carbocycles. The molecule has 0 aliphatic rings. The zero-order valence-electron chi connectivity index (χ0n) is 7.23. The second-order valence-corrected chi connectivity index (χ2v) is 3.77. The van der Waals surface area contributed by atoms with Gasteiger partial charge in [0, 0.05) is 16.5 Å². The van der Waals surface area contributed by atoms with Crippen LogP contribution >= 0.6 is 23.4 Å². The van der Waals surface area contributed by atoms with Crippen LogP contribution in [-0.2, 0) is 6.54 Å². The minimum Gasteiger partial charge on any atom is -0.316 e. The predicted molar refractivity (Wildman–Crippen MR) is 56.0 cm³/mol. The van der Waals surface area contributed by atoms with Crippen molar-refractivity contribution in [2.24, 2.45) is 0 Å². The number of rotatable bonds is 3. The van der Waals surface area contributed by atoms with Gasteiger partial charge in [-0.15, -0.1) is 11.8 Å². The fraction of sp³-hybridized carbons (Fsp3) is 0.333. The van der Waals surface area contributed by atoms with Crippen molar-refractivity contribution >= 4 is 23.4 Å². The summed E-state index contributed by atoms with van der Waals surface area (Å²) < 4.78 is 0. The molecule has 0 radical (unpaired) electrons. The van der Waals surface area contributed by atoms with E-state index in [2.05, 4.69) is 17.6 Å². The number of thioether (sulfide) groups is 1. The zero-order chi connectivity index (χ0) is 8.97. The van der Waals surface area contributed by atoms with Gasteiger partial charge in [-0.05, 0) is 37.1 Å². The third-order valence-corrected chi connectivity index (χ3v) is 2.68. The third-order valence-electron chi connectivity index (χ3n) is 1.61. The third kappa shape index (κ3) is 2.41. The molecule has 0 spiro atoms. The molecule has 66 valence electrons. The van der Waals surface area contributed by atoms with Gasteiger partial charge >= 0.3 is 0 Å². The van der Waals surface area contributed by atoms with Crippen molar-refractivity contribution in [3.63, 3.8) is 0 Å². The van der Waals surface area contributed by atoms with Gasteiger partial charge in [0.1, 0.15) is 0 Å². The van der Waals surface area contributed by atoms with E-state index in [0.29, 0.717) is 0 Å². The zero-order valence-corrected chi connectivity index (χ0v) is 8.80. The Morgan fingerprint density at radius 2 is 2.25 bits per heavy atom. The molecule has 0 atom stereocenters. The molecule has 1 aromatic carbocycles. The Morgan fingerprint density at radius 3 is 2.83 bits per heavy atom. The fourth-order valence-corrected chi connectivity index (χ4v) is 1.87. The molecule has 1 N–H and O–H groups in total. The summed E-state index contributed by atoms with van der Waals surface area (Å²) in [5.41, 5.74) is 1.26. The van der Waals surface area contributed by atoms with E-state index >= 15 is 0 Å². The quantitative estimate of drug-likeness (QED) is 0.755. The van der Waals surface area contributed by atoms with Crippen LogP contribution in [0.2, 0.25) is 5.02 Å². The minimum atomic E-state index is 0.804. The summed E-state index contributed by atoms with van der Waals surface area (Å²) in [6.07, 6.45) is 2.07. The summed E-state index contributed by atoms with van der Waals surface area (Å²) in [5.74, 6) is 0. The van der Waals surface area contributed by atoms with Gasteiger partial charge in [0.05, 0.1) is 0 Å². The van der Waals surface area contributed by atoms with Crippen molar-refractivity contribution in [1.82, 2.24) is 5.32 Å². The normalized spacial score (nSPS) is 10.2. The molecule has 1 nitrogen and oxygen atoms in total. The Balaban J connectivity index is 2.95. The van der Waals surface area contributed by atoms with Crippen LogP contribution < -0.4 is 5.32 Å². The molecule has 1 aromatic rings. The largest absolute Gasteiger partial charge is 0.316 e. The van der Waals surface area contributed by atoms with Crippen molar-refractivity contribution in [1.29, 1.82) is 0 Å². The number of hydrogen-bond donors (Lipinski definition) is 1. The number of hydrogen-bond acceptors (Lipinski definition) is 2. The molecule has 0 fully saturated rings. The molecular formula is C9H12ClNS. The Bertz CT molecular complexity index is 263. The van der Waals surface area contributed by atoms with E-state index in [4.69, 9.17) is 11.6 Å². The van der Waals surface area contributed by atoms with Crippen molar-refractivity contribution in [3.05, 3.63) is 28.8 Å². The molecule has 0 amide bonds. The molecule has 0 aromatic heterocycles. The van der Waals surface area contributed by atoms with Gasteiger partial charge in [0.25, 0.3) is 0 Å². The predicted octanol–water partition coefficient (Wildman–Crippen LogP) is 2.78. The maximum absolute atomic E-state index is 5.87. The van der Waals surface area contributed by atoms with E-state index in [0.717, 1.165) is 11.6 Å². The number of nitrogens with one attached hydrogen (secondary N) is 1. The highest BCUT2D eigenvalue weighted by atomic mass is 35.5. The topological polar surface area (TPSA) is 12.0 Å². The summed E-state index contributed by atoms with van der Waals surface area (Å²) in [6, 6.07) is 5.98. The molecule has 0 heterocycles. The SMILES string of the molecule is CNCc1cc(Cl)ccc1SC. The van der Waals surface area contributed by atoms with Gasteiger partial charge in [-0.3, -0.25) is 0 Å². The van der Waals surface area contributed by atoms with Crippen molar-refractivity contribution in [2.75, 3.05) is 13.3 Å². The molecule has 0 saturated heterocycles. The lowest BCUT2D eigenvalue weighted by molar-refractivity contribution is 0.803. The Hall–Kier alpha value is -0.180. The van der Waals surface area contributed by atoms with Gasteiger partial charge < -0.3 is 5.32 Å². The number of benzene rings is 1. The lowest BCUT2D eigenvalue weighted by Gasteiger charge is -2.06. The van der Waals surface area contributed by atoms with Crippen LogP contribution in [0.1, 0.15) is 5.56 Å². The highest BCUT2D eigenvalue weighted by Crippen LogP contribution is 2.23. The van der Waals surface area contributed by atoms with E-state index in [-0.39, 0.29) is 0 Å². The first-order valence-electron chi connectivity index (χ1n) is 3.75. The van der Waals surface area contributed by atoms with Crippen molar-refractivity contribution in [3.8, 4) is 0 Å². The lowest BCUT2D eigenvalue weighted by Crippen LogP contribution is -2.05. The van der Waals surface area contributed by atoms with Crippen LogP contribution in [0, 0.1) is 0 Å². The van der Waals surface area contributed by atoms with Crippen LogP contribution in [0.3, 0.4) is 0 Å². The van der Waals surface area contributed by atoms with E-state index in [1.807, 2.05) is 19.2 Å². The van der Waals surface area contributed by atoms with E-state index in [9.17, 15) is 0 Å². The van der Waals surface area contributed by atoms with Crippen LogP contribution in [0.15, 0.2) is 23.1 Å². The minimum absolute atomic E-state index is 0.804. The average Bonchev–Trinajstić information content (AvgIpc) is 2.05. The smallest absolute Gasteiger partial charge is 0.0410 e. The first kappa shape index (κ1) is 9.90. The number of halogens is 1. The second-order valence-electron chi connectivity index (χ2n) is 2.49. The highest BCUT2D eigenvalue weighted by molar-refractivity contribution is 7.98. The van der Waals surface area contributed by atoms with Gasteiger partial charge in [0.2, 0.25) is 0 Å². The second kappa shape index (κ2) is 4.75. The highest BCUT2D eigenvalue weighted by Gasteiger charge is 2.00. The molecule has 0 unspecified atom stereocenters. The summed E-state index contributed by atoms with van der Waals surface area (Å²) >= 11 is 7.62. The van der Waals surface area contributed by atoms with Gasteiger partial charge in [-0.1, -0.05) is 11.6 Å².